The molecule has 0 N–H and O–H groups in total. The SMILES string of the molecule is N#Cc1c(-n2c3ccccc3c3ccccc32)cc(-c2cc3c(cn2)C2(c4ccccc4-c4ccccc42)c2ccccc2-3)cc1-n1c2ccccc2c2ccccc21. The first kappa shape index (κ1) is 32.1. The van der Waals surface area contributed by atoms with Gasteiger partial charge in [-0.15, -0.1) is 0 Å². The molecular formula is C55H32N4. The highest BCUT2D eigenvalue weighted by Crippen LogP contribution is 2.62. The molecule has 3 aromatic heterocycles. The van der Waals surface area contributed by atoms with Gasteiger partial charge in [-0.3, -0.25) is 4.98 Å². The van der Waals surface area contributed by atoms with Crippen molar-refractivity contribution in [3.05, 3.63) is 222 Å². The molecule has 4 heteroatoms. The van der Waals surface area contributed by atoms with Gasteiger partial charge in [0.25, 0.3) is 0 Å². The van der Waals surface area contributed by atoms with Crippen LogP contribution in [0.4, 0.5) is 0 Å². The van der Waals surface area contributed by atoms with E-state index in [1.54, 1.807) is 0 Å². The van der Waals surface area contributed by atoms with Crippen LogP contribution in [0.25, 0.3) is 88.5 Å². The number of nitrogens with zero attached hydrogens (tertiary/aromatic N) is 4. The molecule has 13 rings (SSSR count). The summed E-state index contributed by atoms with van der Waals surface area (Å²) in [6.07, 6.45) is 2.13. The molecule has 59 heavy (non-hydrogen) atoms. The van der Waals surface area contributed by atoms with Crippen LogP contribution in [0.2, 0.25) is 0 Å². The predicted molar refractivity (Wildman–Crippen MR) is 239 cm³/mol. The Hall–Kier alpha value is -8.00. The number of rotatable bonds is 3. The second-order valence-electron chi connectivity index (χ2n) is 15.7. The monoisotopic (exact) mass is 748 g/mol. The molecule has 8 aromatic carbocycles. The minimum atomic E-state index is -0.475. The van der Waals surface area contributed by atoms with Gasteiger partial charge in [0.15, 0.2) is 0 Å². The number of hydrogen-bond donors (Lipinski definition) is 0. The zero-order chi connectivity index (χ0) is 38.8. The summed E-state index contributed by atoms with van der Waals surface area (Å²) in [7, 11) is 0. The van der Waals surface area contributed by atoms with Crippen LogP contribution in [-0.4, -0.2) is 14.1 Å². The topological polar surface area (TPSA) is 46.5 Å². The van der Waals surface area contributed by atoms with Crippen molar-refractivity contribution in [1.82, 2.24) is 14.1 Å². The summed E-state index contributed by atoms with van der Waals surface area (Å²) in [6, 6.07) is 70.0. The van der Waals surface area contributed by atoms with E-state index >= 15 is 0 Å². The maximum Gasteiger partial charge on any atom is 0.104 e. The van der Waals surface area contributed by atoms with Crippen LogP contribution < -0.4 is 0 Å². The second-order valence-corrected chi connectivity index (χ2v) is 15.7. The van der Waals surface area contributed by atoms with Crippen molar-refractivity contribution in [1.29, 1.82) is 5.26 Å². The van der Waals surface area contributed by atoms with Gasteiger partial charge in [0.2, 0.25) is 0 Å². The first-order valence-electron chi connectivity index (χ1n) is 20.1. The summed E-state index contributed by atoms with van der Waals surface area (Å²) in [5, 5.41) is 15.9. The molecule has 2 aliphatic carbocycles. The Morgan fingerprint density at radius 1 is 0.407 bits per heavy atom. The van der Waals surface area contributed by atoms with E-state index in [-0.39, 0.29) is 0 Å². The highest BCUT2D eigenvalue weighted by Gasteiger charge is 2.51. The van der Waals surface area contributed by atoms with Crippen molar-refractivity contribution in [2.45, 2.75) is 5.41 Å². The van der Waals surface area contributed by atoms with Crippen LogP contribution in [-0.2, 0) is 5.41 Å². The molecular weight excluding hydrogens is 717 g/mol. The Balaban J connectivity index is 1.14. The number of fused-ring (bicyclic) bond motifs is 16. The molecule has 0 saturated heterocycles. The van der Waals surface area contributed by atoms with Crippen molar-refractivity contribution in [3.63, 3.8) is 0 Å². The molecule has 11 aromatic rings. The summed E-state index contributed by atoms with van der Waals surface area (Å²) in [4.78, 5) is 5.42. The highest BCUT2D eigenvalue weighted by molar-refractivity contribution is 6.11. The maximum absolute atomic E-state index is 11.4. The molecule has 0 fully saturated rings. The van der Waals surface area contributed by atoms with Gasteiger partial charge in [0.1, 0.15) is 11.6 Å². The molecule has 0 radical (unpaired) electrons. The summed E-state index contributed by atoms with van der Waals surface area (Å²) in [5.41, 5.74) is 17.7. The number of aromatic nitrogens is 3. The average molecular weight is 749 g/mol. The Bertz CT molecular complexity index is 3360. The quantitative estimate of drug-likeness (QED) is 0.181. The van der Waals surface area contributed by atoms with Gasteiger partial charge in [0.05, 0.1) is 44.6 Å². The molecule has 3 heterocycles. The lowest BCUT2D eigenvalue weighted by atomic mass is 9.71. The first-order valence-corrected chi connectivity index (χ1v) is 20.1. The number of para-hydroxylation sites is 4. The van der Waals surface area contributed by atoms with Crippen molar-refractivity contribution >= 4 is 43.6 Å². The van der Waals surface area contributed by atoms with E-state index < -0.39 is 5.41 Å². The fourth-order valence-corrected chi connectivity index (χ4v) is 10.7. The molecule has 272 valence electrons. The van der Waals surface area contributed by atoms with Gasteiger partial charge in [-0.05, 0) is 87.0 Å². The van der Waals surface area contributed by atoms with Crippen LogP contribution in [0.1, 0.15) is 27.8 Å². The molecule has 4 nitrogen and oxygen atoms in total. The van der Waals surface area contributed by atoms with Crippen molar-refractivity contribution < 1.29 is 0 Å². The van der Waals surface area contributed by atoms with Crippen LogP contribution in [0.3, 0.4) is 0 Å². The van der Waals surface area contributed by atoms with E-state index in [1.165, 1.54) is 44.5 Å². The molecule has 0 unspecified atom stereocenters. The molecule has 1 spiro atoms. The largest absolute Gasteiger partial charge is 0.308 e. The fraction of sp³-hybridized carbons (Fsp3) is 0.0182. The smallest absolute Gasteiger partial charge is 0.104 e. The van der Waals surface area contributed by atoms with Gasteiger partial charge in [-0.25, -0.2) is 0 Å². The number of nitriles is 1. The third-order valence-electron chi connectivity index (χ3n) is 13.0. The van der Waals surface area contributed by atoms with Crippen LogP contribution >= 0.6 is 0 Å². The fourth-order valence-electron chi connectivity index (χ4n) is 10.7. The molecule has 0 amide bonds. The van der Waals surface area contributed by atoms with Crippen LogP contribution in [0, 0.1) is 11.3 Å². The summed E-state index contributed by atoms with van der Waals surface area (Å²) >= 11 is 0. The van der Waals surface area contributed by atoms with Gasteiger partial charge in [-0.1, -0.05) is 146 Å². The lowest BCUT2D eigenvalue weighted by Crippen LogP contribution is -2.26. The van der Waals surface area contributed by atoms with Crippen molar-refractivity contribution in [2.75, 3.05) is 0 Å². The van der Waals surface area contributed by atoms with E-state index in [0.717, 1.165) is 66.2 Å². The number of hydrogen-bond acceptors (Lipinski definition) is 2. The van der Waals surface area contributed by atoms with Crippen molar-refractivity contribution in [2.24, 2.45) is 0 Å². The van der Waals surface area contributed by atoms with E-state index in [0.29, 0.717) is 5.56 Å². The highest BCUT2D eigenvalue weighted by atomic mass is 15.0. The zero-order valence-electron chi connectivity index (χ0n) is 31.8. The third-order valence-corrected chi connectivity index (χ3v) is 13.0. The lowest BCUT2D eigenvalue weighted by Gasteiger charge is -2.30. The minimum absolute atomic E-state index is 0.475. The Morgan fingerprint density at radius 3 is 1.20 bits per heavy atom. The summed E-state index contributed by atoms with van der Waals surface area (Å²) < 4.78 is 4.54. The van der Waals surface area contributed by atoms with E-state index in [2.05, 4.69) is 209 Å². The zero-order valence-corrected chi connectivity index (χ0v) is 31.8. The Labute approximate surface area is 340 Å². The van der Waals surface area contributed by atoms with Gasteiger partial charge < -0.3 is 9.13 Å². The molecule has 2 aliphatic rings. The van der Waals surface area contributed by atoms with E-state index in [4.69, 9.17) is 4.98 Å². The standard InChI is InChI=1S/C55H32N4/c56-32-43-53(58-49-25-11-4-18-38(49)39-19-5-12-26-50(39)58)29-34(30-54(43)59-51-27-13-6-20-40(51)41-21-7-14-28-52(41)59)48-31-42-37-17-3-10-24-46(37)55(47(42)33-57-48)44-22-8-1-15-35(44)36-16-2-9-23-45(36)55/h1-31,33H. The summed E-state index contributed by atoms with van der Waals surface area (Å²) in [6.45, 7) is 0. The van der Waals surface area contributed by atoms with E-state index in [9.17, 15) is 5.26 Å². The van der Waals surface area contributed by atoms with Crippen LogP contribution in [0.15, 0.2) is 194 Å². The molecule has 0 aliphatic heterocycles. The summed E-state index contributed by atoms with van der Waals surface area (Å²) in [5.74, 6) is 0. The lowest BCUT2D eigenvalue weighted by molar-refractivity contribution is 0.789. The third kappa shape index (κ3) is 4.08. The molecule has 0 bridgehead atoms. The Kier molecular flexibility index (Phi) is 6.41. The first-order chi connectivity index (χ1) is 29.3. The van der Waals surface area contributed by atoms with Crippen LogP contribution in [0.5, 0.6) is 0 Å². The second kappa shape index (κ2) is 11.8. The molecule has 0 atom stereocenters. The number of pyridine rings is 1. The van der Waals surface area contributed by atoms with Gasteiger partial charge >= 0.3 is 0 Å². The number of benzene rings is 8. The molecule has 0 saturated carbocycles. The van der Waals surface area contributed by atoms with E-state index in [1.807, 2.05) is 0 Å². The Morgan fingerprint density at radius 2 is 0.780 bits per heavy atom. The minimum Gasteiger partial charge on any atom is -0.308 e. The average Bonchev–Trinajstić information content (AvgIpc) is 4.01. The maximum atomic E-state index is 11.4. The van der Waals surface area contributed by atoms with Crippen molar-refractivity contribution in [3.8, 4) is 51.0 Å². The normalized spacial score (nSPS) is 13.2. The predicted octanol–water partition coefficient (Wildman–Crippen LogP) is 13.2. The van der Waals surface area contributed by atoms with Gasteiger partial charge in [-0.2, -0.15) is 5.26 Å². The van der Waals surface area contributed by atoms with Gasteiger partial charge in [0, 0.05) is 33.3 Å².